The number of nitrogens with zero attached hydrogens (tertiary/aromatic N) is 2. The fourth-order valence-electron chi connectivity index (χ4n) is 1.89. The second-order valence-corrected chi connectivity index (χ2v) is 4.96. The van der Waals surface area contributed by atoms with Crippen LogP contribution in [0.2, 0.25) is 0 Å². The molecule has 1 atom stereocenters. The van der Waals surface area contributed by atoms with E-state index in [1.165, 1.54) is 0 Å². The molecule has 0 aromatic carbocycles. The summed E-state index contributed by atoms with van der Waals surface area (Å²) in [6.07, 6.45) is 1.000. The molecule has 1 fully saturated rings. The van der Waals surface area contributed by atoms with Crippen molar-refractivity contribution in [3.8, 4) is 0 Å². The molecule has 2 heterocycles. The van der Waals surface area contributed by atoms with Gasteiger partial charge >= 0.3 is 0 Å². The van der Waals surface area contributed by atoms with Gasteiger partial charge < -0.3 is 0 Å². The van der Waals surface area contributed by atoms with Gasteiger partial charge in [-0.1, -0.05) is 0 Å². The van der Waals surface area contributed by atoms with E-state index in [4.69, 9.17) is 0 Å². The number of aromatic nitrogens is 1. The summed E-state index contributed by atoms with van der Waals surface area (Å²) in [7, 11) is 0. The molecule has 1 aromatic rings. The van der Waals surface area contributed by atoms with E-state index in [-0.39, 0.29) is 12.6 Å². The van der Waals surface area contributed by atoms with Gasteiger partial charge in [0.25, 0.3) is 0 Å². The molecule has 1 aliphatic heterocycles. The number of hydrogen-bond donors (Lipinski definition) is 0. The Morgan fingerprint density at radius 2 is 2.57 bits per heavy atom. The zero-order valence-corrected chi connectivity index (χ0v) is 9.19. The van der Waals surface area contributed by atoms with Gasteiger partial charge in [0.2, 0.25) is 0 Å². The highest BCUT2D eigenvalue weighted by atomic mass is 32.1. The zero-order valence-electron chi connectivity index (χ0n) is 8.37. The third-order valence-electron chi connectivity index (χ3n) is 2.64. The Morgan fingerprint density at radius 1 is 1.71 bits per heavy atom. The largest absolute Gasteiger partial charge is 0.297 e. The predicted molar refractivity (Wildman–Crippen MR) is 56.2 cm³/mol. The second kappa shape index (κ2) is 4.36. The van der Waals surface area contributed by atoms with Crippen molar-refractivity contribution in [1.29, 1.82) is 0 Å². The van der Waals surface area contributed by atoms with Crippen LogP contribution in [0, 0.1) is 12.8 Å². The van der Waals surface area contributed by atoms with Crippen LogP contribution in [0.15, 0.2) is 5.38 Å². The van der Waals surface area contributed by atoms with Gasteiger partial charge in [-0.25, -0.2) is 4.98 Å². The first-order valence-corrected chi connectivity index (χ1v) is 5.85. The summed E-state index contributed by atoms with van der Waals surface area (Å²) >= 11 is 1.68. The molecule has 4 heteroatoms. The van der Waals surface area contributed by atoms with Gasteiger partial charge in [0.1, 0.15) is 0 Å². The van der Waals surface area contributed by atoms with E-state index in [0.29, 0.717) is 0 Å². The van der Waals surface area contributed by atoms with Crippen LogP contribution in [0.4, 0.5) is 4.39 Å². The molecule has 0 aliphatic carbocycles. The highest BCUT2D eigenvalue weighted by molar-refractivity contribution is 7.09. The van der Waals surface area contributed by atoms with Crippen molar-refractivity contribution < 1.29 is 4.39 Å². The summed E-state index contributed by atoms with van der Waals surface area (Å²) in [4.78, 5) is 6.70. The van der Waals surface area contributed by atoms with E-state index in [2.05, 4.69) is 15.3 Å². The van der Waals surface area contributed by atoms with E-state index in [1.807, 2.05) is 6.92 Å². The topological polar surface area (TPSA) is 16.1 Å². The number of aryl methyl sites for hydroxylation is 1. The van der Waals surface area contributed by atoms with E-state index < -0.39 is 0 Å². The lowest BCUT2D eigenvalue weighted by Crippen LogP contribution is -2.20. The van der Waals surface area contributed by atoms with Crippen molar-refractivity contribution in [3.05, 3.63) is 16.1 Å². The molecule has 2 nitrogen and oxygen atoms in total. The van der Waals surface area contributed by atoms with E-state index in [1.54, 1.807) is 11.3 Å². The lowest BCUT2D eigenvalue weighted by Gasteiger charge is -2.13. The highest BCUT2D eigenvalue weighted by Crippen LogP contribution is 2.19. The summed E-state index contributed by atoms with van der Waals surface area (Å²) in [6.45, 7) is 4.65. The summed E-state index contributed by atoms with van der Waals surface area (Å²) in [5, 5.41) is 3.21. The van der Waals surface area contributed by atoms with Crippen LogP contribution >= 0.6 is 11.3 Å². The minimum absolute atomic E-state index is 0.174. The van der Waals surface area contributed by atoms with Gasteiger partial charge in [-0.05, 0) is 19.9 Å². The Bertz CT molecular complexity index is 300. The summed E-state index contributed by atoms with van der Waals surface area (Å²) < 4.78 is 12.4. The molecule has 1 unspecified atom stereocenters. The number of hydrogen-bond acceptors (Lipinski definition) is 3. The van der Waals surface area contributed by atoms with Crippen molar-refractivity contribution in [3.63, 3.8) is 0 Å². The Labute approximate surface area is 87.8 Å². The lowest BCUT2D eigenvalue weighted by molar-refractivity contribution is 0.294. The molecule has 1 saturated heterocycles. The SMILES string of the molecule is Cc1nc(CN2CCC(CF)C2)cs1. The van der Waals surface area contributed by atoms with E-state index in [0.717, 1.165) is 36.8 Å². The molecule has 0 spiro atoms. The van der Waals surface area contributed by atoms with Crippen LogP contribution < -0.4 is 0 Å². The molecule has 0 radical (unpaired) electrons. The van der Waals surface area contributed by atoms with Gasteiger partial charge in [0, 0.05) is 24.4 Å². The monoisotopic (exact) mass is 214 g/mol. The maximum Gasteiger partial charge on any atom is 0.0935 e. The molecular weight excluding hydrogens is 199 g/mol. The quantitative estimate of drug-likeness (QED) is 0.767. The van der Waals surface area contributed by atoms with Gasteiger partial charge in [-0.2, -0.15) is 0 Å². The first kappa shape index (κ1) is 10.1. The average Bonchev–Trinajstić information content (AvgIpc) is 2.76. The van der Waals surface area contributed by atoms with Crippen molar-refractivity contribution in [2.75, 3.05) is 19.8 Å². The Morgan fingerprint density at radius 3 is 3.14 bits per heavy atom. The molecule has 14 heavy (non-hydrogen) atoms. The number of rotatable bonds is 3. The van der Waals surface area contributed by atoms with Crippen LogP contribution in [0.25, 0.3) is 0 Å². The Balaban J connectivity index is 1.87. The molecule has 1 aromatic heterocycles. The maximum atomic E-state index is 12.4. The van der Waals surface area contributed by atoms with Gasteiger partial charge in [0.15, 0.2) is 0 Å². The minimum atomic E-state index is -0.174. The highest BCUT2D eigenvalue weighted by Gasteiger charge is 2.22. The summed E-state index contributed by atoms with van der Waals surface area (Å²) in [5.41, 5.74) is 1.13. The van der Waals surface area contributed by atoms with Crippen molar-refractivity contribution >= 4 is 11.3 Å². The van der Waals surface area contributed by atoms with Gasteiger partial charge in [-0.15, -0.1) is 11.3 Å². The molecule has 0 saturated carbocycles. The first-order chi connectivity index (χ1) is 6.78. The molecular formula is C10H15FN2S. The Kier molecular flexibility index (Phi) is 3.13. The fourth-order valence-corrected chi connectivity index (χ4v) is 2.50. The maximum absolute atomic E-state index is 12.4. The lowest BCUT2D eigenvalue weighted by atomic mass is 10.1. The molecule has 0 bridgehead atoms. The molecule has 78 valence electrons. The average molecular weight is 214 g/mol. The van der Waals surface area contributed by atoms with Gasteiger partial charge in [-0.3, -0.25) is 9.29 Å². The molecule has 0 amide bonds. The zero-order chi connectivity index (χ0) is 9.97. The van der Waals surface area contributed by atoms with Crippen LogP contribution in [0.3, 0.4) is 0 Å². The molecule has 0 N–H and O–H groups in total. The predicted octanol–water partition coefficient (Wildman–Crippen LogP) is 2.24. The Hall–Kier alpha value is -0.480. The first-order valence-electron chi connectivity index (χ1n) is 4.97. The standard InChI is InChI=1S/C10H15FN2S/c1-8-12-10(7-14-8)6-13-3-2-9(4-11)5-13/h7,9H,2-6H2,1H3. The number of thiazole rings is 1. The van der Waals surface area contributed by atoms with E-state index in [9.17, 15) is 4.39 Å². The third kappa shape index (κ3) is 2.30. The van der Waals surface area contributed by atoms with Crippen LogP contribution in [0.5, 0.6) is 0 Å². The molecule has 1 aliphatic rings. The van der Waals surface area contributed by atoms with Crippen LogP contribution in [-0.4, -0.2) is 29.6 Å². The fraction of sp³-hybridized carbons (Fsp3) is 0.700. The number of halogens is 1. The summed E-state index contributed by atoms with van der Waals surface area (Å²) in [6, 6.07) is 0. The number of likely N-dealkylation sites (tertiary alicyclic amines) is 1. The number of alkyl halides is 1. The van der Waals surface area contributed by atoms with Crippen LogP contribution in [0.1, 0.15) is 17.1 Å². The van der Waals surface area contributed by atoms with Gasteiger partial charge in [0.05, 0.1) is 17.4 Å². The second-order valence-electron chi connectivity index (χ2n) is 3.90. The van der Waals surface area contributed by atoms with Crippen molar-refractivity contribution in [2.24, 2.45) is 5.92 Å². The van der Waals surface area contributed by atoms with Crippen molar-refractivity contribution in [1.82, 2.24) is 9.88 Å². The van der Waals surface area contributed by atoms with Crippen molar-refractivity contribution in [2.45, 2.75) is 19.9 Å². The third-order valence-corrected chi connectivity index (χ3v) is 3.46. The van der Waals surface area contributed by atoms with E-state index >= 15 is 0 Å². The van der Waals surface area contributed by atoms with Crippen LogP contribution in [-0.2, 0) is 6.54 Å². The molecule has 2 rings (SSSR count). The normalized spacial score (nSPS) is 23.1. The summed E-state index contributed by atoms with van der Waals surface area (Å²) in [5.74, 6) is 0.259. The minimum Gasteiger partial charge on any atom is -0.297 e. The smallest absolute Gasteiger partial charge is 0.0935 e.